The van der Waals surface area contributed by atoms with Gasteiger partial charge in [-0.2, -0.15) is 0 Å². The molecule has 0 amide bonds. The van der Waals surface area contributed by atoms with E-state index in [0.717, 1.165) is 0 Å². The molecule has 3 aromatic rings. The number of alkyl halides is 1. The lowest BCUT2D eigenvalue weighted by Gasteiger charge is -2.08. The summed E-state index contributed by atoms with van der Waals surface area (Å²) in [6.07, 6.45) is 0. The van der Waals surface area contributed by atoms with Crippen molar-refractivity contribution in [3.05, 3.63) is 32.4 Å². The van der Waals surface area contributed by atoms with Gasteiger partial charge >= 0.3 is 0 Å². The molecule has 8 nitrogen and oxygen atoms in total. The van der Waals surface area contributed by atoms with E-state index >= 15 is 0 Å². The highest BCUT2D eigenvalue weighted by Crippen LogP contribution is 2.35. The molecule has 1 aromatic carbocycles. The van der Waals surface area contributed by atoms with Crippen LogP contribution in [0.15, 0.2) is 9.59 Å². The molecule has 2 aromatic heterocycles. The molecule has 0 aliphatic heterocycles. The summed E-state index contributed by atoms with van der Waals surface area (Å²) in [5.41, 5.74) is -1.67. The van der Waals surface area contributed by atoms with Gasteiger partial charge < -0.3 is 20.2 Å². The molecule has 0 atom stereocenters. The second-order valence-electron chi connectivity index (χ2n) is 4.44. The number of aromatic amines is 2. The molecule has 4 N–H and O–H groups in total. The lowest BCUT2D eigenvalue weighted by atomic mass is 10.1. The molecule has 0 fully saturated rings. The molecule has 21 heavy (non-hydrogen) atoms. The summed E-state index contributed by atoms with van der Waals surface area (Å²) in [5.74, 6) is -0.778. The fourth-order valence-electron chi connectivity index (χ4n) is 2.19. The molecule has 0 saturated heterocycles. The van der Waals surface area contributed by atoms with E-state index in [1.165, 1.54) is 6.92 Å². The Morgan fingerprint density at radius 3 is 2.10 bits per heavy atom. The van der Waals surface area contributed by atoms with Crippen molar-refractivity contribution in [1.82, 2.24) is 19.9 Å². The topological polar surface area (TPSA) is 132 Å². The van der Waals surface area contributed by atoms with Gasteiger partial charge in [0.25, 0.3) is 11.1 Å². The van der Waals surface area contributed by atoms with Gasteiger partial charge in [-0.15, -0.1) is 11.6 Å². The van der Waals surface area contributed by atoms with Crippen LogP contribution in [0.5, 0.6) is 11.5 Å². The summed E-state index contributed by atoms with van der Waals surface area (Å²) in [6, 6.07) is 0. The van der Waals surface area contributed by atoms with Crippen LogP contribution in [-0.2, 0) is 5.88 Å². The highest BCUT2D eigenvalue weighted by atomic mass is 35.5. The third-order valence-electron chi connectivity index (χ3n) is 3.06. The molecule has 3 rings (SSSR count). The Labute approximate surface area is 121 Å². The van der Waals surface area contributed by atoms with Crippen LogP contribution in [0.25, 0.3) is 21.8 Å². The highest BCUT2D eigenvalue weighted by molar-refractivity contribution is 6.16. The van der Waals surface area contributed by atoms with Crippen molar-refractivity contribution in [1.29, 1.82) is 0 Å². The number of hydrogen-bond acceptors (Lipinski definition) is 6. The number of rotatable bonds is 1. The number of phenolic OH excluding ortho intramolecular Hbond substituents is 2. The molecule has 0 unspecified atom stereocenters. The summed E-state index contributed by atoms with van der Waals surface area (Å²) in [5, 5.41) is 20.0. The smallest absolute Gasteiger partial charge is 0.262 e. The number of aryl methyl sites for hydroxylation is 1. The van der Waals surface area contributed by atoms with E-state index in [0.29, 0.717) is 0 Å². The minimum atomic E-state index is -0.676. The van der Waals surface area contributed by atoms with Gasteiger partial charge in [0.2, 0.25) is 0 Å². The van der Waals surface area contributed by atoms with Gasteiger partial charge in [0, 0.05) is 0 Å². The number of benzene rings is 1. The summed E-state index contributed by atoms with van der Waals surface area (Å²) < 4.78 is 0. The minimum absolute atomic E-state index is 0.0913. The van der Waals surface area contributed by atoms with E-state index in [1.54, 1.807) is 0 Å². The largest absolute Gasteiger partial charge is 0.505 e. The summed E-state index contributed by atoms with van der Waals surface area (Å²) >= 11 is 5.60. The van der Waals surface area contributed by atoms with Crippen LogP contribution < -0.4 is 11.1 Å². The lowest BCUT2D eigenvalue weighted by molar-refractivity contribution is 0.475. The summed E-state index contributed by atoms with van der Waals surface area (Å²) in [4.78, 5) is 36.7. The minimum Gasteiger partial charge on any atom is -0.505 e. The zero-order chi connectivity index (χ0) is 15.3. The van der Waals surface area contributed by atoms with E-state index in [2.05, 4.69) is 19.9 Å². The Balaban J connectivity index is 2.70. The Morgan fingerprint density at radius 2 is 1.52 bits per heavy atom. The van der Waals surface area contributed by atoms with Crippen LogP contribution in [0.4, 0.5) is 0 Å². The van der Waals surface area contributed by atoms with Crippen molar-refractivity contribution >= 4 is 33.4 Å². The molecular formula is C12H9ClN4O4. The Bertz CT molecular complexity index is 1010. The van der Waals surface area contributed by atoms with Gasteiger partial charge in [0.1, 0.15) is 33.5 Å². The van der Waals surface area contributed by atoms with Gasteiger partial charge in [-0.05, 0) is 6.92 Å². The number of nitrogens with zero attached hydrogens (tertiary/aromatic N) is 2. The first kappa shape index (κ1) is 13.4. The normalized spacial score (nSPS) is 11.3. The van der Waals surface area contributed by atoms with Gasteiger partial charge in [0.15, 0.2) is 11.5 Å². The number of phenols is 2. The number of halogens is 1. The second kappa shape index (κ2) is 4.45. The molecule has 108 valence electrons. The number of H-pyrrole nitrogens is 2. The summed E-state index contributed by atoms with van der Waals surface area (Å²) in [6.45, 7) is 1.51. The Hall–Kier alpha value is -2.61. The number of aromatic hydroxyl groups is 2. The zero-order valence-corrected chi connectivity index (χ0v) is 11.4. The van der Waals surface area contributed by atoms with Gasteiger partial charge in [0.05, 0.1) is 5.88 Å². The molecule has 9 heteroatoms. The van der Waals surface area contributed by atoms with Crippen LogP contribution >= 0.6 is 11.6 Å². The van der Waals surface area contributed by atoms with Crippen molar-refractivity contribution in [2.45, 2.75) is 12.8 Å². The molecule has 0 aliphatic carbocycles. The second-order valence-corrected chi connectivity index (χ2v) is 4.71. The predicted molar refractivity (Wildman–Crippen MR) is 75.9 cm³/mol. The number of nitrogens with one attached hydrogen (secondary N) is 2. The third-order valence-corrected chi connectivity index (χ3v) is 3.31. The lowest BCUT2D eigenvalue weighted by Crippen LogP contribution is -2.14. The van der Waals surface area contributed by atoms with Crippen molar-refractivity contribution in [2.24, 2.45) is 0 Å². The van der Waals surface area contributed by atoms with Crippen LogP contribution in [0, 0.1) is 6.92 Å². The zero-order valence-electron chi connectivity index (χ0n) is 10.7. The van der Waals surface area contributed by atoms with Gasteiger partial charge in [-0.1, -0.05) is 0 Å². The van der Waals surface area contributed by atoms with Crippen molar-refractivity contribution < 1.29 is 10.2 Å². The average Bonchev–Trinajstić information content (AvgIpc) is 2.43. The van der Waals surface area contributed by atoms with E-state index in [1.807, 2.05) is 0 Å². The molecule has 0 aliphatic rings. The van der Waals surface area contributed by atoms with Crippen LogP contribution in [-0.4, -0.2) is 30.1 Å². The van der Waals surface area contributed by atoms with Crippen molar-refractivity contribution in [3.63, 3.8) is 0 Å². The first-order valence-corrected chi connectivity index (χ1v) is 6.41. The fraction of sp³-hybridized carbons (Fsp3) is 0.167. The molecule has 0 saturated carbocycles. The molecule has 0 spiro atoms. The Kier molecular flexibility index (Phi) is 2.84. The number of hydrogen-bond donors (Lipinski definition) is 4. The SMILES string of the molecule is Cc1nc2c(O)c3c(=O)[nH]c(CCl)nc3c(O)c2c(=O)[nH]1. The van der Waals surface area contributed by atoms with E-state index < -0.39 is 22.6 Å². The fourth-order valence-corrected chi connectivity index (χ4v) is 2.31. The van der Waals surface area contributed by atoms with Gasteiger partial charge in [-0.25, -0.2) is 9.97 Å². The van der Waals surface area contributed by atoms with E-state index in [9.17, 15) is 19.8 Å². The Morgan fingerprint density at radius 1 is 1.00 bits per heavy atom. The summed E-state index contributed by atoms with van der Waals surface area (Å²) in [7, 11) is 0. The van der Waals surface area contributed by atoms with Crippen molar-refractivity contribution in [3.8, 4) is 11.5 Å². The highest BCUT2D eigenvalue weighted by Gasteiger charge is 2.21. The third kappa shape index (κ3) is 1.83. The molecule has 2 heterocycles. The predicted octanol–water partition coefficient (Wildman–Crippen LogP) is 0.618. The maximum atomic E-state index is 12.0. The number of aromatic nitrogens is 4. The first-order chi connectivity index (χ1) is 9.93. The van der Waals surface area contributed by atoms with Crippen LogP contribution in [0.3, 0.4) is 0 Å². The standard InChI is InChI=1S/C12H9ClN4O4/c1-3-14-7-5(11(20)15-3)10(19)8-6(9(7)18)12(21)17-4(2-13)16-8/h18-19H,2H2,1H3,(H,14,15,20)(H,16,17,21). The maximum absolute atomic E-state index is 12.0. The van der Waals surface area contributed by atoms with Gasteiger partial charge in [-0.3, -0.25) is 9.59 Å². The monoisotopic (exact) mass is 308 g/mol. The first-order valence-electron chi connectivity index (χ1n) is 5.87. The van der Waals surface area contributed by atoms with Crippen LogP contribution in [0.2, 0.25) is 0 Å². The van der Waals surface area contributed by atoms with E-state index in [4.69, 9.17) is 11.6 Å². The maximum Gasteiger partial charge on any atom is 0.262 e. The average molecular weight is 309 g/mol. The van der Waals surface area contributed by atoms with Crippen LogP contribution in [0.1, 0.15) is 11.6 Å². The molecular weight excluding hydrogens is 300 g/mol. The van der Waals surface area contributed by atoms with E-state index in [-0.39, 0.29) is 39.3 Å². The van der Waals surface area contributed by atoms with Crippen molar-refractivity contribution in [2.75, 3.05) is 0 Å². The number of fused-ring (bicyclic) bond motifs is 2. The molecule has 0 radical (unpaired) electrons. The quantitative estimate of drug-likeness (QED) is 0.296. The molecule has 0 bridgehead atoms.